The zero-order valence-electron chi connectivity index (χ0n) is 66.2. The zero-order valence-corrected chi connectivity index (χ0v) is 68.0. The summed E-state index contributed by atoms with van der Waals surface area (Å²) in [6.45, 7) is 9.66. The molecule has 0 aliphatic rings. The van der Waals surface area contributed by atoms with Crippen molar-refractivity contribution in [2.45, 2.75) is 452 Å². The fraction of sp³-hybridized carbons (Fsp3) is 0.951. The molecule has 17 nitrogen and oxygen atoms in total. The molecule has 0 bridgehead atoms. The molecule has 0 aromatic carbocycles. The Kier molecular flexibility index (Phi) is 72.2. The second-order valence-electron chi connectivity index (χ2n) is 30.5. The molecule has 19 heteroatoms. The van der Waals surface area contributed by atoms with Crippen LogP contribution >= 0.6 is 15.6 Å². The number of unbranched alkanes of at least 4 members (excludes halogenated alkanes) is 51. The lowest BCUT2D eigenvalue weighted by atomic mass is 10.0. The van der Waals surface area contributed by atoms with E-state index in [2.05, 4.69) is 41.5 Å². The maximum atomic E-state index is 13.1. The monoisotopic (exact) mass is 1480 g/mol. The SMILES string of the molecule is CCCCCCCCCCCCCCCCCCCCC(=O)OC[C@H](COP(=O)(O)OC[C@@H](O)COP(=O)(O)OC[C@@H](COC(=O)CCCCCCCCCCCC(C)C)OC(=O)CCCCCCCCCCCCCCC)OC(=O)CCCCCCCCCCCCCCCCCC(C)C. The molecule has 0 saturated carbocycles. The van der Waals surface area contributed by atoms with Crippen molar-refractivity contribution in [2.75, 3.05) is 39.6 Å². The van der Waals surface area contributed by atoms with Crippen molar-refractivity contribution in [3.63, 3.8) is 0 Å². The fourth-order valence-corrected chi connectivity index (χ4v) is 14.3. The second kappa shape index (κ2) is 73.6. The van der Waals surface area contributed by atoms with Gasteiger partial charge in [0.25, 0.3) is 0 Å². The molecule has 0 aliphatic heterocycles. The molecule has 5 atom stereocenters. The van der Waals surface area contributed by atoms with Gasteiger partial charge in [0, 0.05) is 25.7 Å². The maximum Gasteiger partial charge on any atom is 0.472 e. The van der Waals surface area contributed by atoms with Crippen molar-refractivity contribution < 1.29 is 80.2 Å². The van der Waals surface area contributed by atoms with Gasteiger partial charge in [0.1, 0.15) is 19.3 Å². The molecule has 0 aliphatic carbocycles. The third kappa shape index (κ3) is 76.1. The summed E-state index contributed by atoms with van der Waals surface area (Å²) in [6.07, 6.45) is 63.8. The van der Waals surface area contributed by atoms with E-state index < -0.39 is 97.5 Å². The zero-order chi connectivity index (χ0) is 74.2. The Morgan fingerprint density at radius 3 is 0.673 bits per heavy atom. The smallest absolute Gasteiger partial charge is 0.462 e. The third-order valence-electron chi connectivity index (χ3n) is 19.2. The van der Waals surface area contributed by atoms with Crippen LogP contribution in [0.15, 0.2) is 0 Å². The van der Waals surface area contributed by atoms with Crippen LogP contribution in [0.1, 0.15) is 433 Å². The topological polar surface area (TPSA) is 237 Å². The van der Waals surface area contributed by atoms with Crippen molar-refractivity contribution in [1.29, 1.82) is 0 Å². The Morgan fingerprint density at radius 2 is 0.455 bits per heavy atom. The van der Waals surface area contributed by atoms with Gasteiger partial charge in [-0.3, -0.25) is 37.3 Å². The molecule has 2 unspecified atom stereocenters. The van der Waals surface area contributed by atoms with Crippen molar-refractivity contribution >= 4 is 39.5 Å². The van der Waals surface area contributed by atoms with Gasteiger partial charge in [0.2, 0.25) is 0 Å². The minimum atomic E-state index is -4.96. The molecule has 600 valence electrons. The van der Waals surface area contributed by atoms with Gasteiger partial charge in [-0.05, 0) is 37.5 Å². The van der Waals surface area contributed by atoms with Crippen LogP contribution in [0.2, 0.25) is 0 Å². The first-order valence-electron chi connectivity index (χ1n) is 42.5. The van der Waals surface area contributed by atoms with Crippen LogP contribution in [0.4, 0.5) is 0 Å². The number of aliphatic hydroxyl groups is 1. The van der Waals surface area contributed by atoms with E-state index in [9.17, 15) is 43.2 Å². The molecule has 0 heterocycles. The Morgan fingerprint density at radius 1 is 0.267 bits per heavy atom. The quantitative estimate of drug-likeness (QED) is 0.0222. The predicted octanol–water partition coefficient (Wildman–Crippen LogP) is 24.7. The van der Waals surface area contributed by atoms with E-state index in [1.807, 2.05) is 0 Å². The third-order valence-corrected chi connectivity index (χ3v) is 21.1. The van der Waals surface area contributed by atoms with Gasteiger partial charge in [-0.25, -0.2) is 9.13 Å². The first-order valence-corrected chi connectivity index (χ1v) is 45.5. The number of esters is 4. The number of phosphoric acid groups is 2. The molecule has 101 heavy (non-hydrogen) atoms. The molecule has 0 spiro atoms. The number of hydrogen-bond acceptors (Lipinski definition) is 15. The standard InChI is InChI=1S/C82H160O17P2/c1-7-9-11-13-15-17-19-21-22-23-24-27-31-34-40-46-52-58-64-79(84)92-70-77(98-82(87)67-61-55-49-42-36-32-28-25-26-30-33-38-44-50-56-62-74(3)4)72-96-100(88,89)94-68-76(83)69-95-101(90,91)97-73-78(71-93-80(85)65-59-53-47-43-37-39-45-51-57-63-75(5)6)99-81(86)66-60-54-48-41-35-29-20-18-16-14-12-10-8-2/h74-78,83H,7-73H2,1-6H3,(H,88,89)(H,90,91)/t76-,77-,78-/m1/s1. The lowest BCUT2D eigenvalue weighted by Crippen LogP contribution is -2.30. The molecule has 0 rings (SSSR count). The molecule has 3 N–H and O–H groups in total. The van der Waals surface area contributed by atoms with E-state index in [1.54, 1.807) is 0 Å². The molecule has 0 amide bonds. The highest BCUT2D eigenvalue weighted by molar-refractivity contribution is 7.47. The molecular formula is C82H160O17P2. The average Bonchev–Trinajstić information content (AvgIpc) is 0.925. The molecule has 0 aromatic rings. The van der Waals surface area contributed by atoms with E-state index in [0.29, 0.717) is 25.7 Å². The van der Waals surface area contributed by atoms with E-state index in [1.165, 1.54) is 250 Å². The van der Waals surface area contributed by atoms with Gasteiger partial charge in [0.15, 0.2) is 12.2 Å². The number of aliphatic hydroxyl groups excluding tert-OH is 1. The number of hydrogen-bond donors (Lipinski definition) is 3. The average molecular weight is 1480 g/mol. The van der Waals surface area contributed by atoms with Crippen LogP contribution in [0.5, 0.6) is 0 Å². The second-order valence-corrected chi connectivity index (χ2v) is 33.4. The minimum absolute atomic E-state index is 0.108. The van der Waals surface area contributed by atoms with Gasteiger partial charge in [-0.15, -0.1) is 0 Å². The fourth-order valence-electron chi connectivity index (χ4n) is 12.7. The van der Waals surface area contributed by atoms with Crippen molar-refractivity contribution in [2.24, 2.45) is 11.8 Å². The lowest BCUT2D eigenvalue weighted by Gasteiger charge is -2.21. The van der Waals surface area contributed by atoms with Crippen LogP contribution in [0, 0.1) is 11.8 Å². The largest absolute Gasteiger partial charge is 0.472 e. The first-order chi connectivity index (χ1) is 48.9. The number of ether oxygens (including phenoxy) is 4. The van der Waals surface area contributed by atoms with Crippen LogP contribution in [0.3, 0.4) is 0 Å². The minimum Gasteiger partial charge on any atom is -0.462 e. The molecule has 0 saturated heterocycles. The molecular weight excluding hydrogens is 1320 g/mol. The number of carbonyl (C=O) groups excluding carboxylic acids is 4. The van der Waals surface area contributed by atoms with Gasteiger partial charge in [0.05, 0.1) is 26.4 Å². The maximum absolute atomic E-state index is 13.1. The molecule has 0 fully saturated rings. The van der Waals surface area contributed by atoms with Crippen LogP contribution in [0.25, 0.3) is 0 Å². The highest BCUT2D eigenvalue weighted by Gasteiger charge is 2.30. The van der Waals surface area contributed by atoms with Crippen molar-refractivity contribution in [1.82, 2.24) is 0 Å². The normalized spacial score (nSPS) is 13.9. The summed E-state index contributed by atoms with van der Waals surface area (Å²) in [5.74, 6) is -0.559. The summed E-state index contributed by atoms with van der Waals surface area (Å²) in [6, 6.07) is 0. The Bertz CT molecular complexity index is 1940. The Balaban J connectivity index is 5.25. The summed E-state index contributed by atoms with van der Waals surface area (Å²) in [5, 5.41) is 10.7. The van der Waals surface area contributed by atoms with Crippen LogP contribution in [-0.2, 0) is 65.4 Å². The van der Waals surface area contributed by atoms with Crippen LogP contribution in [-0.4, -0.2) is 96.7 Å². The summed E-state index contributed by atoms with van der Waals surface area (Å²) >= 11 is 0. The first kappa shape index (κ1) is 99.1. The molecule has 0 aromatic heterocycles. The Hall–Kier alpha value is -1.94. The van der Waals surface area contributed by atoms with E-state index in [0.717, 1.165) is 102 Å². The number of carbonyl (C=O) groups is 4. The van der Waals surface area contributed by atoms with Crippen LogP contribution < -0.4 is 0 Å². The highest BCUT2D eigenvalue weighted by atomic mass is 31.2. The van der Waals surface area contributed by atoms with E-state index >= 15 is 0 Å². The van der Waals surface area contributed by atoms with Crippen molar-refractivity contribution in [3.8, 4) is 0 Å². The van der Waals surface area contributed by atoms with Gasteiger partial charge in [-0.1, -0.05) is 382 Å². The summed E-state index contributed by atoms with van der Waals surface area (Å²) < 4.78 is 68.8. The predicted molar refractivity (Wildman–Crippen MR) is 414 cm³/mol. The van der Waals surface area contributed by atoms with E-state index in [4.69, 9.17) is 37.0 Å². The van der Waals surface area contributed by atoms with E-state index in [-0.39, 0.29) is 25.7 Å². The lowest BCUT2D eigenvalue weighted by molar-refractivity contribution is -0.161. The highest BCUT2D eigenvalue weighted by Crippen LogP contribution is 2.45. The Labute approximate surface area is 619 Å². The van der Waals surface area contributed by atoms with Crippen molar-refractivity contribution in [3.05, 3.63) is 0 Å². The van der Waals surface area contributed by atoms with Gasteiger partial charge >= 0.3 is 39.5 Å². The van der Waals surface area contributed by atoms with Gasteiger partial charge < -0.3 is 33.8 Å². The summed E-state index contributed by atoms with van der Waals surface area (Å²) in [7, 11) is -9.92. The number of rotatable bonds is 81. The van der Waals surface area contributed by atoms with Gasteiger partial charge in [-0.2, -0.15) is 0 Å². The number of phosphoric ester groups is 2. The summed E-state index contributed by atoms with van der Waals surface area (Å²) in [5.41, 5.74) is 0. The molecule has 0 radical (unpaired) electrons. The summed E-state index contributed by atoms with van der Waals surface area (Å²) in [4.78, 5) is 73.1.